The summed E-state index contributed by atoms with van der Waals surface area (Å²) in [4.78, 5) is 4.58. The van der Waals surface area contributed by atoms with Crippen LogP contribution in [0.15, 0.2) is 18.3 Å². The van der Waals surface area contributed by atoms with Crippen molar-refractivity contribution in [2.24, 2.45) is 5.84 Å². The molecule has 4 heteroatoms. The predicted molar refractivity (Wildman–Crippen MR) is 74.6 cm³/mol. The molecule has 2 aliphatic rings. The zero-order valence-corrected chi connectivity index (χ0v) is 11.6. The van der Waals surface area contributed by atoms with Crippen LogP contribution in [0.2, 0.25) is 0 Å². The molecule has 0 amide bonds. The molecule has 104 valence electrons. The summed E-state index contributed by atoms with van der Waals surface area (Å²) in [7, 11) is 0. The predicted octanol–water partition coefficient (Wildman–Crippen LogP) is 1.90. The van der Waals surface area contributed by atoms with Crippen molar-refractivity contribution in [1.29, 1.82) is 0 Å². The number of aromatic nitrogens is 1. The maximum Gasteiger partial charge on any atom is 0.0826 e. The van der Waals surface area contributed by atoms with Gasteiger partial charge in [0.2, 0.25) is 0 Å². The molecule has 3 unspecified atom stereocenters. The summed E-state index contributed by atoms with van der Waals surface area (Å²) >= 11 is 0. The SMILES string of the molecule is CC1(C(NN)C2CCc3cccnc32)CCCCO1. The lowest BCUT2D eigenvalue weighted by Crippen LogP contribution is -2.57. The Hall–Kier alpha value is -0.970. The summed E-state index contributed by atoms with van der Waals surface area (Å²) < 4.78 is 6.08. The molecule has 3 N–H and O–H groups in total. The number of hydrogen-bond acceptors (Lipinski definition) is 4. The molecular weight excluding hydrogens is 238 g/mol. The van der Waals surface area contributed by atoms with E-state index in [1.165, 1.54) is 17.7 Å². The quantitative estimate of drug-likeness (QED) is 0.644. The molecule has 3 atom stereocenters. The second kappa shape index (κ2) is 5.19. The number of aryl methyl sites for hydroxylation is 1. The Kier molecular flexibility index (Phi) is 3.56. The van der Waals surface area contributed by atoms with Gasteiger partial charge in [-0.3, -0.25) is 16.3 Å². The molecule has 0 aromatic carbocycles. The third kappa shape index (κ3) is 2.29. The molecule has 19 heavy (non-hydrogen) atoms. The first kappa shape index (κ1) is 13.0. The molecule has 1 aliphatic heterocycles. The van der Waals surface area contributed by atoms with E-state index in [0.717, 1.165) is 32.3 Å². The second-order valence-electron chi connectivity index (χ2n) is 5.96. The number of nitrogens with zero attached hydrogens (tertiary/aromatic N) is 1. The van der Waals surface area contributed by atoms with Gasteiger partial charge in [0.1, 0.15) is 0 Å². The van der Waals surface area contributed by atoms with E-state index in [-0.39, 0.29) is 11.6 Å². The van der Waals surface area contributed by atoms with Crippen LogP contribution in [0.3, 0.4) is 0 Å². The number of hydrogen-bond donors (Lipinski definition) is 2. The number of fused-ring (bicyclic) bond motifs is 1. The fourth-order valence-electron chi connectivity index (χ4n) is 3.69. The molecule has 0 radical (unpaired) electrons. The summed E-state index contributed by atoms with van der Waals surface area (Å²) in [6, 6.07) is 4.34. The van der Waals surface area contributed by atoms with E-state index in [1.54, 1.807) is 0 Å². The van der Waals surface area contributed by atoms with Gasteiger partial charge in [-0.1, -0.05) is 6.07 Å². The third-order valence-electron chi connectivity index (χ3n) is 4.74. The lowest BCUT2D eigenvalue weighted by Gasteiger charge is -2.43. The van der Waals surface area contributed by atoms with Crippen LogP contribution in [0, 0.1) is 0 Å². The van der Waals surface area contributed by atoms with E-state index in [0.29, 0.717) is 5.92 Å². The van der Waals surface area contributed by atoms with Gasteiger partial charge in [-0.25, -0.2) is 0 Å². The zero-order valence-electron chi connectivity index (χ0n) is 11.6. The summed E-state index contributed by atoms with van der Waals surface area (Å²) in [6.07, 6.45) is 7.54. The molecule has 1 aromatic rings. The number of nitrogens with two attached hydrogens (primary N) is 1. The van der Waals surface area contributed by atoms with Crippen LogP contribution >= 0.6 is 0 Å². The first-order valence-electron chi connectivity index (χ1n) is 7.28. The highest BCUT2D eigenvalue weighted by atomic mass is 16.5. The van der Waals surface area contributed by atoms with Gasteiger partial charge in [0.05, 0.1) is 11.6 Å². The standard InChI is InChI=1S/C15H23N3O/c1-15(8-2-3-10-19-15)14(18-16)12-7-6-11-5-4-9-17-13(11)12/h4-5,9,12,14,18H,2-3,6-8,10,16H2,1H3. The fourth-order valence-corrected chi connectivity index (χ4v) is 3.69. The molecule has 0 spiro atoms. The topological polar surface area (TPSA) is 60.2 Å². The van der Waals surface area contributed by atoms with Crippen LogP contribution in [0.25, 0.3) is 0 Å². The smallest absolute Gasteiger partial charge is 0.0826 e. The first-order valence-corrected chi connectivity index (χ1v) is 7.28. The number of rotatable bonds is 3. The lowest BCUT2D eigenvalue weighted by molar-refractivity contribution is -0.0941. The molecule has 1 aliphatic carbocycles. The minimum atomic E-state index is -0.170. The molecule has 2 heterocycles. The van der Waals surface area contributed by atoms with Crippen LogP contribution < -0.4 is 11.3 Å². The minimum absolute atomic E-state index is 0.143. The van der Waals surface area contributed by atoms with Gasteiger partial charge >= 0.3 is 0 Å². The monoisotopic (exact) mass is 261 g/mol. The average molecular weight is 261 g/mol. The average Bonchev–Trinajstić information content (AvgIpc) is 2.84. The van der Waals surface area contributed by atoms with Crippen molar-refractivity contribution in [3.63, 3.8) is 0 Å². The highest BCUT2D eigenvalue weighted by molar-refractivity contribution is 5.31. The van der Waals surface area contributed by atoms with E-state index < -0.39 is 0 Å². The third-order valence-corrected chi connectivity index (χ3v) is 4.74. The maximum absolute atomic E-state index is 6.08. The lowest BCUT2D eigenvalue weighted by atomic mass is 9.80. The van der Waals surface area contributed by atoms with Crippen molar-refractivity contribution in [3.8, 4) is 0 Å². The highest BCUT2D eigenvalue weighted by Gasteiger charge is 2.43. The van der Waals surface area contributed by atoms with Crippen LogP contribution in [-0.4, -0.2) is 23.2 Å². The van der Waals surface area contributed by atoms with Gasteiger partial charge in [-0.15, -0.1) is 0 Å². The number of pyridine rings is 1. The van der Waals surface area contributed by atoms with Crippen LogP contribution in [0.4, 0.5) is 0 Å². The van der Waals surface area contributed by atoms with Crippen molar-refractivity contribution in [2.75, 3.05) is 6.61 Å². The van der Waals surface area contributed by atoms with Crippen molar-refractivity contribution >= 4 is 0 Å². The van der Waals surface area contributed by atoms with Gasteiger partial charge in [-0.2, -0.15) is 0 Å². The van der Waals surface area contributed by atoms with Crippen molar-refractivity contribution < 1.29 is 4.74 Å². The number of hydrazine groups is 1. The summed E-state index contributed by atoms with van der Waals surface area (Å²) in [5.74, 6) is 6.23. The van der Waals surface area contributed by atoms with Gasteiger partial charge in [0.25, 0.3) is 0 Å². The Morgan fingerprint density at radius 2 is 2.42 bits per heavy atom. The number of ether oxygens (including phenoxy) is 1. The molecule has 4 nitrogen and oxygen atoms in total. The maximum atomic E-state index is 6.08. The Morgan fingerprint density at radius 1 is 1.53 bits per heavy atom. The van der Waals surface area contributed by atoms with E-state index in [9.17, 15) is 0 Å². The fraction of sp³-hybridized carbons (Fsp3) is 0.667. The minimum Gasteiger partial charge on any atom is -0.374 e. The van der Waals surface area contributed by atoms with E-state index in [4.69, 9.17) is 10.6 Å². The van der Waals surface area contributed by atoms with Gasteiger partial charge in [0.15, 0.2) is 0 Å². The summed E-state index contributed by atoms with van der Waals surface area (Å²) in [6.45, 7) is 3.04. The van der Waals surface area contributed by atoms with Crippen LogP contribution in [0.1, 0.15) is 49.8 Å². The Morgan fingerprint density at radius 3 is 3.16 bits per heavy atom. The first-order chi connectivity index (χ1) is 9.24. The second-order valence-corrected chi connectivity index (χ2v) is 5.96. The molecule has 1 aromatic heterocycles. The summed E-state index contributed by atoms with van der Waals surface area (Å²) in [5.41, 5.74) is 5.44. The van der Waals surface area contributed by atoms with E-state index in [1.807, 2.05) is 12.3 Å². The van der Waals surface area contributed by atoms with Crippen molar-refractivity contribution in [3.05, 3.63) is 29.6 Å². The van der Waals surface area contributed by atoms with Gasteiger partial charge < -0.3 is 4.74 Å². The Bertz CT molecular complexity index is 443. The van der Waals surface area contributed by atoms with Crippen LogP contribution in [-0.2, 0) is 11.2 Å². The Balaban J connectivity index is 1.87. The Labute approximate surface area is 114 Å². The van der Waals surface area contributed by atoms with Crippen molar-refractivity contribution in [2.45, 2.75) is 56.6 Å². The van der Waals surface area contributed by atoms with Crippen LogP contribution in [0.5, 0.6) is 0 Å². The van der Waals surface area contributed by atoms with E-state index in [2.05, 4.69) is 23.4 Å². The zero-order chi connectivity index (χ0) is 13.3. The highest BCUT2D eigenvalue weighted by Crippen LogP contribution is 2.40. The molecular formula is C15H23N3O. The number of nitrogens with one attached hydrogen (secondary N) is 1. The molecule has 1 saturated heterocycles. The van der Waals surface area contributed by atoms with Gasteiger partial charge in [0, 0.05) is 24.4 Å². The summed E-state index contributed by atoms with van der Waals surface area (Å²) in [5, 5.41) is 0. The largest absolute Gasteiger partial charge is 0.374 e. The van der Waals surface area contributed by atoms with Crippen molar-refractivity contribution in [1.82, 2.24) is 10.4 Å². The molecule has 3 rings (SSSR count). The van der Waals surface area contributed by atoms with E-state index >= 15 is 0 Å². The van der Waals surface area contributed by atoms with Gasteiger partial charge in [-0.05, 0) is 50.7 Å². The molecule has 1 fully saturated rings. The molecule has 0 saturated carbocycles. The normalized spacial score (nSPS) is 32.0. The molecule has 0 bridgehead atoms.